The molecular weight excluding hydrogens is 352 g/mol. The Balaban J connectivity index is 1.84. The topological polar surface area (TPSA) is 61.9 Å². The van der Waals surface area contributed by atoms with E-state index in [1.54, 1.807) is 16.7 Å². The van der Waals surface area contributed by atoms with Crippen LogP contribution in [0.4, 0.5) is 25.0 Å². The zero-order chi connectivity index (χ0) is 18.0. The molecule has 1 aromatic carbocycles. The molecule has 6 nitrogen and oxygen atoms in total. The summed E-state index contributed by atoms with van der Waals surface area (Å²) in [6.07, 6.45) is -0.936. The molecule has 2 saturated heterocycles. The third-order valence-corrected chi connectivity index (χ3v) is 5.25. The van der Waals surface area contributed by atoms with Gasteiger partial charge < -0.3 is 15.0 Å². The number of anilines is 2. The van der Waals surface area contributed by atoms with Crippen LogP contribution in [-0.2, 0) is 9.53 Å². The number of nitrogens with one attached hydrogen (secondary N) is 1. The summed E-state index contributed by atoms with van der Waals surface area (Å²) in [4.78, 5) is 26.3. The number of benzene rings is 1. The molecule has 0 radical (unpaired) electrons. The first-order chi connectivity index (χ1) is 12.0. The Morgan fingerprint density at radius 1 is 1.28 bits per heavy atom. The number of cyclic esters (lactones) is 1. The Morgan fingerprint density at radius 2 is 2.00 bits per heavy atom. The molecule has 25 heavy (non-hydrogen) atoms. The van der Waals surface area contributed by atoms with Crippen molar-refractivity contribution >= 4 is 35.1 Å². The normalized spacial score (nSPS) is 21.1. The highest BCUT2D eigenvalue weighted by Crippen LogP contribution is 2.32. The van der Waals surface area contributed by atoms with E-state index in [0.29, 0.717) is 13.1 Å². The lowest BCUT2D eigenvalue weighted by Crippen LogP contribution is -2.35. The first-order valence-electron chi connectivity index (χ1n) is 8.02. The molecule has 1 atom stereocenters. The van der Waals surface area contributed by atoms with Gasteiger partial charge in [0.05, 0.1) is 12.2 Å². The minimum Gasteiger partial charge on any atom is -0.434 e. The number of rotatable bonds is 3. The largest absolute Gasteiger partial charge is 0.434 e. The first kappa shape index (κ1) is 17.8. The van der Waals surface area contributed by atoms with E-state index >= 15 is 0 Å². The lowest BCUT2D eigenvalue weighted by atomic mass is 10.2. The zero-order valence-corrected chi connectivity index (χ0v) is 14.6. The number of hydrogen-bond acceptors (Lipinski definition) is 5. The molecule has 0 aliphatic carbocycles. The molecule has 2 aliphatic heterocycles. The predicted molar refractivity (Wildman–Crippen MR) is 92.2 cm³/mol. The Morgan fingerprint density at radius 3 is 2.68 bits per heavy atom. The lowest BCUT2D eigenvalue weighted by Gasteiger charge is -2.24. The average Bonchev–Trinajstić information content (AvgIpc) is 2.79. The van der Waals surface area contributed by atoms with Crippen LogP contribution in [0.3, 0.4) is 0 Å². The summed E-state index contributed by atoms with van der Waals surface area (Å²) in [5.41, 5.74) is -0.0268. The summed E-state index contributed by atoms with van der Waals surface area (Å²) >= 11 is 1.76. The monoisotopic (exact) mass is 371 g/mol. The van der Waals surface area contributed by atoms with Gasteiger partial charge >= 0.3 is 6.09 Å². The highest BCUT2D eigenvalue weighted by Gasteiger charge is 2.37. The summed E-state index contributed by atoms with van der Waals surface area (Å²) in [5.74, 6) is -0.128. The van der Waals surface area contributed by atoms with E-state index in [-0.39, 0.29) is 17.9 Å². The van der Waals surface area contributed by atoms with E-state index in [4.69, 9.17) is 4.74 Å². The number of carbonyl (C=O) groups is 2. The highest BCUT2D eigenvalue weighted by molar-refractivity contribution is 7.99. The molecule has 9 heteroatoms. The Bertz CT molecular complexity index is 658. The molecule has 2 amide bonds. The Kier molecular flexibility index (Phi) is 5.31. The number of thioether (sulfide) groups is 1. The van der Waals surface area contributed by atoms with Crippen LogP contribution in [0.15, 0.2) is 12.1 Å². The van der Waals surface area contributed by atoms with Crippen LogP contribution >= 0.6 is 11.8 Å². The number of likely N-dealkylation sites (N-methyl/N-ethyl adjacent to an activating group) is 1. The second kappa shape index (κ2) is 7.47. The van der Waals surface area contributed by atoms with Crippen LogP contribution < -0.4 is 15.1 Å². The molecular formula is C16H19F2N3O3S. The van der Waals surface area contributed by atoms with Crippen molar-refractivity contribution in [1.82, 2.24) is 5.32 Å². The number of amides is 2. The number of halogens is 2. The third-order valence-electron chi connectivity index (χ3n) is 4.20. The molecule has 2 aliphatic rings. The van der Waals surface area contributed by atoms with Gasteiger partial charge in [0.1, 0.15) is 5.69 Å². The van der Waals surface area contributed by atoms with Crippen molar-refractivity contribution < 1.29 is 23.1 Å². The van der Waals surface area contributed by atoms with Gasteiger partial charge in [-0.05, 0) is 12.2 Å². The van der Waals surface area contributed by atoms with E-state index < -0.39 is 29.7 Å². The maximum absolute atomic E-state index is 14.6. The molecule has 136 valence electrons. The molecule has 0 saturated carbocycles. The van der Waals surface area contributed by atoms with Crippen LogP contribution in [0.2, 0.25) is 0 Å². The Hall–Kier alpha value is -2.03. The molecule has 3 rings (SSSR count). The molecule has 1 aromatic rings. The first-order valence-corrected chi connectivity index (χ1v) is 9.18. The van der Waals surface area contributed by atoms with Gasteiger partial charge in [0.15, 0.2) is 17.7 Å². The van der Waals surface area contributed by atoms with E-state index in [1.165, 1.54) is 7.05 Å². The summed E-state index contributed by atoms with van der Waals surface area (Å²) in [5, 5.41) is 2.38. The van der Waals surface area contributed by atoms with Crippen molar-refractivity contribution in [2.45, 2.75) is 12.5 Å². The fraction of sp³-hybridized carbons (Fsp3) is 0.500. The van der Waals surface area contributed by atoms with Crippen LogP contribution in [0.5, 0.6) is 0 Å². The van der Waals surface area contributed by atoms with Crippen molar-refractivity contribution in [3.63, 3.8) is 0 Å². The van der Waals surface area contributed by atoms with Gasteiger partial charge in [-0.2, -0.15) is 11.8 Å². The summed E-state index contributed by atoms with van der Waals surface area (Å²) in [6, 6.07) is 2.23. The summed E-state index contributed by atoms with van der Waals surface area (Å²) < 4.78 is 34.1. The standard InChI is InChI=1S/C16H19F2N3O3S/c1-19-15(22)13-9-21(16(23)24-13)10-7-11(17)14(12(18)8-10)20-3-2-5-25-6-4-20/h7-8,13H,2-6,9H2,1H3,(H,19,22)/t13-/m1/s1. The van der Waals surface area contributed by atoms with Gasteiger partial charge in [-0.15, -0.1) is 0 Å². The van der Waals surface area contributed by atoms with E-state index in [1.807, 2.05) is 0 Å². The third kappa shape index (κ3) is 3.65. The number of nitrogens with zero attached hydrogens (tertiary/aromatic N) is 2. The lowest BCUT2D eigenvalue weighted by molar-refractivity contribution is -0.127. The SMILES string of the molecule is CNC(=O)[C@H]1CN(c2cc(F)c(N3CCCSCC3)c(F)c2)C(=O)O1. The van der Waals surface area contributed by atoms with Crippen LogP contribution in [-0.4, -0.2) is 56.3 Å². The minimum absolute atomic E-state index is 0.0411. The number of ether oxygens (including phenoxy) is 1. The quantitative estimate of drug-likeness (QED) is 0.880. The minimum atomic E-state index is -0.995. The zero-order valence-electron chi connectivity index (χ0n) is 13.8. The Labute approximate surface area is 148 Å². The van der Waals surface area contributed by atoms with Crippen LogP contribution in [0.25, 0.3) is 0 Å². The summed E-state index contributed by atoms with van der Waals surface area (Å²) in [6.45, 7) is 1.07. The molecule has 0 spiro atoms. The number of hydrogen-bond donors (Lipinski definition) is 1. The summed E-state index contributed by atoms with van der Waals surface area (Å²) in [7, 11) is 1.42. The van der Waals surface area contributed by atoms with Crippen molar-refractivity contribution in [3.05, 3.63) is 23.8 Å². The van der Waals surface area contributed by atoms with Crippen molar-refractivity contribution in [1.29, 1.82) is 0 Å². The molecule has 0 unspecified atom stereocenters. The smallest absolute Gasteiger partial charge is 0.415 e. The molecule has 2 heterocycles. The van der Waals surface area contributed by atoms with E-state index in [2.05, 4.69) is 5.32 Å². The molecule has 0 aromatic heterocycles. The van der Waals surface area contributed by atoms with E-state index in [0.717, 1.165) is 35.0 Å². The maximum Gasteiger partial charge on any atom is 0.415 e. The molecule has 2 fully saturated rings. The van der Waals surface area contributed by atoms with Crippen molar-refractivity contribution in [3.8, 4) is 0 Å². The van der Waals surface area contributed by atoms with Gasteiger partial charge in [-0.3, -0.25) is 9.69 Å². The number of carbonyl (C=O) groups excluding carboxylic acids is 2. The molecule has 0 bridgehead atoms. The van der Waals surface area contributed by atoms with Gasteiger partial charge in [0, 0.05) is 38.0 Å². The predicted octanol–water partition coefficient (Wildman–Crippen LogP) is 1.98. The van der Waals surface area contributed by atoms with E-state index in [9.17, 15) is 18.4 Å². The van der Waals surface area contributed by atoms with Crippen LogP contribution in [0.1, 0.15) is 6.42 Å². The molecule has 1 N–H and O–H groups in total. The van der Waals surface area contributed by atoms with Gasteiger partial charge in [0.25, 0.3) is 5.91 Å². The maximum atomic E-state index is 14.6. The second-order valence-electron chi connectivity index (χ2n) is 5.81. The fourth-order valence-electron chi connectivity index (χ4n) is 2.95. The average molecular weight is 371 g/mol. The fourth-order valence-corrected chi connectivity index (χ4v) is 3.84. The van der Waals surface area contributed by atoms with Crippen LogP contribution in [0, 0.1) is 11.6 Å². The van der Waals surface area contributed by atoms with Gasteiger partial charge in [-0.1, -0.05) is 0 Å². The highest BCUT2D eigenvalue weighted by atomic mass is 32.2. The van der Waals surface area contributed by atoms with Crippen molar-refractivity contribution in [2.24, 2.45) is 0 Å². The van der Waals surface area contributed by atoms with Gasteiger partial charge in [-0.25, -0.2) is 13.6 Å². The van der Waals surface area contributed by atoms with Crippen molar-refractivity contribution in [2.75, 3.05) is 48.0 Å². The van der Waals surface area contributed by atoms with Gasteiger partial charge in [0.2, 0.25) is 0 Å². The second-order valence-corrected chi connectivity index (χ2v) is 7.03.